The molecule has 0 saturated heterocycles. The molecule has 2 aromatic carbocycles. The number of benzene rings is 2. The van der Waals surface area contributed by atoms with Crippen LogP contribution in [0.25, 0.3) is 10.9 Å². The lowest BCUT2D eigenvalue weighted by atomic mass is 10.1. The first-order chi connectivity index (χ1) is 13.5. The van der Waals surface area contributed by atoms with Crippen molar-refractivity contribution in [1.82, 2.24) is 20.2 Å². The third kappa shape index (κ3) is 4.08. The SMILES string of the molecule is Cc1cc(C)c2nc(NC3=NCN(Cc4ccc(Cl)cc4)CN3)nc(C)c2c1. The zero-order chi connectivity index (χ0) is 19.7. The average molecular weight is 395 g/mol. The van der Waals surface area contributed by atoms with Crippen LogP contribution in [0.1, 0.15) is 22.4 Å². The molecule has 6 nitrogen and oxygen atoms in total. The molecule has 4 rings (SSSR count). The Balaban J connectivity index is 1.46. The molecule has 7 heteroatoms. The molecule has 1 aromatic heterocycles. The standard InChI is InChI=1S/C21H23ClN6/c1-13-8-14(2)19-18(9-13)15(3)25-21(26-19)27-20-23-11-28(12-24-20)10-16-4-6-17(22)7-5-16/h4-9H,10-12H2,1-3H3,(H2,23,24,25,26,27). The highest BCUT2D eigenvalue weighted by Crippen LogP contribution is 2.22. The van der Waals surface area contributed by atoms with Crippen LogP contribution in [-0.4, -0.2) is 34.2 Å². The Morgan fingerprint density at radius 1 is 1.11 bits per heavy atom. The van der Waals surface area contributed by atoms with Gasteiger partial charge in [0.05, 0.1) is 24.5 Å². The predicted molar refractivity (Wildman–Crippen MR) is 115 cm³/mol. The molecular formula is C21H23ClN6. The smallest absolute Gasteiger partial charge is 0.230 e. The number of guanidine groups is 1. The summed E-state index contributed by atoms with van der Waals surface area (Å²) in [5, 5.41) is 8.36. The summed E-state index contributed by atoms with van der Waals surface area (Å²) in [6.45, 7) is 8.29. The fraction of sp³-hybridized carbons (Fsp3) is 0.286. The zero-order valence-corrected chi connectivity index (χ0v) is 17.0. The van der Waals surface area contributed by atoms with Crippen LogP contribution < -0.4 is 10.6 Å². The van der Waals surface area contributed by atoms with Gasteiger partial charge in [-0.1, -0.05) is 35.4 Å². The number of nitrogens with zero attached hydrogens (tertiary/aromatic N) is 4. The molecule has 144 valence electrons. The number of nitrogens with one attached hydrogen (secondary N) is 2. The summed E-state index contributed by atoms with van der Waals surface area (Å²) in [6, 6.07) is 12.2. The summed E-state index contributed by atoms with van der Waals surface area (Å²) in [4.78, 5) is 16.1. The van der Waals surface area contributed by atoms with Crippen LogP contribution in [0.15, 0.2) is 41.4 Å². The number of aryl methyl sites for hydroxylation is 3. The average Bonchev–Trinajstić information content (AvgIpc) is 2.66. The molecule has 1 aliphatic rings. The van der Waals surface area contributed by atoms with Crippen molar-refractivity contribution < 1.29 is 0 Å². The Morgan fingerprint density at radius 2 is 1.89 bits per heavy atom. The van der Waals surface area contributed by atoms with Crippen LogP contribution in [0.4, 0.5) is 5.95 Å². The lowest BCUT2D eigenvalue weighted by Gasteiger charge is -2.27. The summed E-state index contributed by atoms with van der Waals surface area (Å²) < 4.78 is 0. The molecular weight excluding hydrogens is 372 g/mol. The van der Waals surface area contributed by atoms with Gasteiger partial charge in [0.1, 0.15) is 0 Å². The Morgan fingerprint density at radius 3 is 2.61 bits per heavy atom. The lowest BCUT2D eigenvalue weighted by Crippen LogP contribution is -2.45. The van der Waals surface area contributed by atoms with Gasteiger partial charge in [-0.2, -0.15) is 0 Å². The van der Waals surface area contributed by atoms with E-state index in [1.165, 1.54) is 11.1 Å². The van der Waals surface area contributed by atoms with Gasteiger partial charge in [0.15, 0.2) is 0 Å². The maximum atomic E-state index is 5.95. The molecule has 0 bridgehead atoms. The second-order valence-electron chi connectivity index (χ2n) is 7.17. The fourth-order valence-electron chi connectivity index (χ4n) is 3.40. The summed E-state index contributed by atoms with van der Waals surface area (Å²) in [6.07, 6.45) is 0. The Labute approximate surface area is 169 Å². The first-order valence-corrected chi connectivity index (χ1v) is 9.63. The minimum atomic E-state index is 0.564. The Hall–Kier alpha value is -2.70. The van der Waals surface area contributed by atoms with Crippen molar-refractivity contribution in [2.45, 2.75) is 27.3 Å². The van der Waals surface area contributed by atoms with Crippen molar-refractivity contribution in [3.05, 3.63) is 63.8 Å². The molecule has 3 aromatic rings. The molecule has 2 N–H and O–H groups in total. The molecule has 0 amide bonds. The minimum Gasteiger partial charge on any atom is -0.343 e. The van der Waals surface area contributed by atoms with Gasteiger partial charge in [0, 0.05) is 17.0 Å². The van der Waals surface area contributed by atoms with E-state index in [4.69, 9.17) is 16.6 Å². The second-order valence-corrected chi connectivity index (χ2v) is 7.61. The molecule has 28 heavy (non-hydrogen) atoms. The van der Waals surface area contributed by atoms with Crippen molar-refractivity contribution in [3.8, 4) is 0 Å². The lowest BCUT2D eigenvalue weighted by molar-refractivity contribution is 0.256. The van der Waals surface area contributed by atoms with Gasteiger partial charge in [-0.15, -0.1) is 0 Å². The predicted octanol–water partition coefficient (Wildman–Crippen LogP) is 4.00. The number of anilines is 1. The van der Waals surface area contributed by atoms with E-state index in [-0.39, 0.29) is 0 Å². The summed E-state index contributed by atoms with van der Waals surface area (Å²) >= 11 is 5.95. The fourth-order valence-corrected chi connectivity index (χ4v) is 3.52. The van der Waals surface area contributed by atoms with Gasteiger partial charge in [-0.25, -0.2) is 15.0 Å². The highest BCUT2D eigenvalue weighted by atomic mass is 35.5. The van der Waals surface area contributed by atoms with Gasteiger partial charge in [-0.3, -0.25) is 10.2 Å². The van der Waals surface area contributed by atoms with E-state index in [2.05, 4.69) is 51.5 Å². The van der Waals surface area contributed by atoms with Crippen LogP contribution in [0.3, 0.4) is 0 Å². The van der Waals surface area contributed by atoms with Gasteiger partial charge >= 0.3 is 0 Å². The van der Waals surface area contributed by atoms with Crippen LogP contribution >= 0.6 is 11.6 Å². The van der Waals surface area contributed by atoms with Gasteiger partial charge in [0.2, 0.25) is 11.9 Å². The number of halogens is 1. The molecule has 1 aliphatic heterocycles. The highest BCUT2D eigenvalue weighted by molar-refractivity contribution is 6.30. The first kappa shape index (κ1) is 18.7. The van der Waals surface area contributed by atoms with Crippen molar-refractivity contribution >= 4 is 34.4 Å². The number of aromatic nitrogens is 2. The molecule has 0 aliphatic carbocycles. The van der Waals surface area contributed by atoms with E-state index < -0.39 is 0 Å². The van der Waals surface area contributed by atoms with Crippen LogP contribution in [-0.2, 0) is 6.54 Å². The molecule has 0 fully saturated rings. The van der Waals surface area contributed by atoms with Crippen molar-refractivity contribution in [1.29, 1.82) is 0 Å². The van der Waals surface area contributed by atoms with E-state index >= 15 is 0 Å². The maximum Gasteiger partial charge on any atom is 0.230 e. The maximum absolute atomic E-state index is 5.95. The van der Waals surface area contributed by atoms with Crippen LogP contribution in [0, 0.1) is 20.8 Å². The second kappa shape index (κ2) is 7.73. The molecule has 2 heterocycles. The van der Waals surface area contributed by atoms with E-state index in [9.17, 15) is 0 Å². The largest absolute Gasteiger partial charge is 0.343 e. The van der Waals surface area contributed by atoms with Crippen molar-refractivity contribution in [3.63, 3.8) is 0 Å². The minimum absolute atomic E-state index is 0.564. The topological polar surface area (TPSA) is 65.4 Å². The highest BCUT2D eigenvalue weighted by Gasteiger charge is 2.14. The van der Waals surface area contributed by atoms with Gasteiger partial charge in [0.25, 0.3) is 0 Å². The molecule has 0 unspecified atom stereocenters. The Kier molecular flexibility index (Phi) is 5.15. The van der Waals surface area contributed by atoms with Crippen molar-refractivity contribution in [2.75, 3.05) is 18.7 Å². The normalized spacial score (nSPS) is 14.6. The molecule has 0 atom stereocenters. The number of aliphatic imine (C=N–C) groups is 1. The quantitative estimate of drug-likeness (QED) is 0.703. The molecule has 0 saturated carbocycles. The third-order valence-electron chi connectivity index (χ3n) is 4.77. The first-order valence-electron chi connectivity index (χ1n) is 9.26. The number of rotatable bonds is 3. The monoisotopic (exact) mass is 394 g/mol. The van der Waals surface area contributed by atoms with E-state index in [1.807, 2.05) is 31.2 Å². The van der Waals surface area contributed by atoms with E-state index in [1.54, 1.807) is 0 Å². The summed E-state index contributed by atoms with van der Waals surface area (Å²) in [7, 11) is 0. The molecule has 0 radical (unpaired) electrons. The van der Waals surface area contributed by atoms with Gasteiger partial charge < -0.3 is 5.32 Å². The molecule has 0 spiro atoms. The number of hydrogen-bond donors (Lipinski definition) is 2. The van der Waals surface area contributed by atoms with Crippen LogP contribution in [0.5, 0.6) is 0 Å². The van der Waals surface area contributed by atoms with Crippen molar-refractivity contribution in [2.24, 2.45) is 4.99 Å². The number of hydrogen-bond acceptors (Lipinski definition) is 6. The third-order valence-corrected chi connectivity index (χ3v) is 5.03. The van der Waals surface area contributed by atoms with E-state index in [0.717, 1.165) is 33.7 Å². The van der Waals surface area contributed by atoms with Gasteiger partial charge in [-0.05, 0) is 50.1 Å². The number of fused-ring (bicyclic) bond motifs is 1. The van der Waals surface area contributed by atoms with Crippen LogP contribution in [0.2, 0.25) is 5.02 Å². The zero-order valence-electron chi connectivity index (χ0n) is 16.3. The summed E-state index contributed by atoms with van der Waals surface area (Å²) in [5.41, 5.74) is 5.51. The summed E-state index contributed by atoms with van der Waals surface area (Å²) in [5.74, 6) is 1.25. The Bertz CT molecular complexity index is 1040. The van der Waals surface area contributed by atoms with E-state index in [0.29, 0.717) is 25.2 Å².